The first kappa shape index (κ1) is 18.8. The van der Waals surface area contributed by atoms with Crippen molar-refractivity contribution in [3.63, 3.8) is 0 Å². The minimum Gasteiger partial charge on any atom is -0.324 e. The molecule has 134 valence electrons. The van der Waals surface area contributed by atoms with Gasteiger partial charge in [0.1, 0.15) is 0 Å². The van der Waals surface area contributed by atoms with Gasteiger partial charge in [-0.2, -0.15) is 0 Å². The molecule has 3 aromatic rings. The lowest BCUT2D eigenvalue weighted by Gasteiger charge is -2.11. The molecule has 0 unspecified atom stereocenters. The number of nitrogens with one attached hydrogen (secondary N) is 1. The van der Waals surface area contributed by atoms with Gasteiger partial charge in [0.2, 0.25) is 5.91 Å². The van der Waals surface area contributed by atoms with Gasteiger partial charge in [0.25, 0.3) is 5.56 Å². The quantitative estimate of drug-likeness (QED) is 0.627. The third-order valence-electron chi connectivity index (χ3n) is 3.93. The molecule has 0 aliphatic rings. The van der Waals surface area contributed by atoms with Crippen molar-refractivity contribution in [3.8, 4) is 0 Å². The summed E-state index contributed by atoms with van der Waals surface area (Å²) in [4.78, 5) is 25.1. The van der Waals surface area contributed by atoms with Gasteiger partial charge in [-0.15, -0.1) is 11.8 Å². The number of nitrogens with zero attached hydrogens (tertiary/aromatic N) is 1. The summed E-state index contributed by atoms with van der Waals surface area (Å²) in [5.74, 6) is -0.0458. The average Bonchev–Trinajstić information content (AvgIpc) is 2.59. The van der Waals surface area contributed by atoms with E-state index >= 15 is 0 Å². The van der Waals surface area contributed by atoms with E-state index in [1.165, 1.54) is 17.8 Å². The summed E-state index contributed by atoms with van der Waals surface area (Å²) in [6.45, 7) is 1.93. The minimum absolute atomic E-state index is 0.135. The predicted octanol–water partition coefficient (Wildman–Crippen LogP) is 4.88. The van der Waals surface area contributed by atoms with Crippen molar-refractivity contribution in [3.05, 3.63) is 68.4 Å². The van der Waals surface area contributed by atoms with E-state index < -0.39 is 0 Å². The summed E-state index contributed by atoms with van der Waals surface area (Å²) >= 11 is 13.5. The molecular formula is C19H16Cl2N2O2S. The number of aryl methyl sites for hydroxylation is 2. The van der Waals surface area contributed by atoms with Crippen molar-refractivity contribution in [1.29, 1.82) is 0 Å². The van der Waals surface area contributed by atoms with Crippen LogP contribution in [0.25, 0.3) is 10.9 Å². The van der Waals surface area contributed by atoms with Crippen LogP contribution in [-0.4, -0.2) is 16.2 Å². The molecule has 0 radical (unpaired) electrons. The lowest BCUT2D eigenvalue weighted by Crippen LogP contribution is -2.17. The second-order valence-electron chi connectivity index (χ2n) is 5.89. The van der Waals surface area contributed by atoms with Gasteiger partial charge in [0.15, 0.2) is 0 Å². The van der Waals surface area contributed by atoms with E-state index in [1.807, 2.05) is 13.0 Å². The number of aromatic nitrogens is 1. The van der Waals surface area contributed by atoms with Crippen molar-refractivity contribution in [2.75, 3.05) is 11.1 Å². The monoisotopic (exact) mass is 406 g/mol. The number of hydrogen-bond donors (Lipinski definition) is 1. The minimum atomic E-state index is -0.198. The first-order chi connectivity index (χ1) is 12.3. The topological polar surface area (TPSA) is 51.1 Å². The SMILES string of the molecule is Cc1ccc(NC(=O)CSc2cc(=O)n(C)c3ccc(Cl)cc23)c(Cl)c1. The lowest BCUT2D eigenvalue weighted by atomic mass is 10.2. The molecule has 1 heterocycles. The second-order valence-corrected chi connectivity index (χ2v) is 7.75. The maximum absolute atomic E-state index is 12.3. The molecule has 4 nitrogen and oxygen atoms in total. The van der Waals surface area contributed by atoms with E-state index in [1.54, 1.807) is 41.9 Å². The molecule has 0 aliphatic heterocycles. The fourth-order valence-electron chi connectivity index (χ4n) is 2.57. The zero-order valence-electron chi connectivity index (χ0n) is 14.2. The second kappa shape index (κ2) is 7.74. The summed E-state index contributed by atoms with van der Waals surface area (Å²) in [6, 6.07) is 12.3. The average molecular weight is 407 g/mol. The Kier molecular flexibility index (Phi) is 5.61. The van der Waals surface area contributed by atoms with Gasteiger partial charge in [0, 0.05) is 28.4 Å². The van der Waals surface area contributed by atoms with Crippen LogP contribution in [0.4, 0.5) is 5.69 Å². The molecule has 3 rings (SSSR count). The van der Waals surface area contributed by atoms with Crippen LogP contribution in [0.3, 0.4) is 0 Å². The molecule has 0 bridgehead atoms. The molecule has 1 aromatic heterocycles. The Morgan fingerprint density at radius 3 is 2.65 bits per heavy atom. The van der Waals surface area contributed by atoms with Crippen molar-refractivity contribution in [2.24, 2.45) is 7.05 Å². The molecule has 0 spiro atoms. The molecule has 0 aliphatic carbocycles. The number of rotatable bonds is 4. The molecule has 7 heteroatoms. The van der Waals surface area contributed by atoms with Crippen LogP contribution >= 0.6 is 35.0 Å². The fraction of sp³-hybridized carbons (Fsp3) is 0.158. The molecule has 0 saturated heterocycles. The van der Waals surface area contributed by atoms with Crippen LogP contribution in [0.15, 0.2) is 52.2 Å². The third-order valence-corrected chi connectivity index (χ3v) is 5.53. The number of carbonyl (C=O) groups is 1. The maximum Gasteiger partial charge on any atom is 0.251 e. The Morgan fingerprint density at radius 1 is 1.15 bits per heavy atom. The van der Waals surface area contributed by atoms with Gasteiger partial charge in [-0.1, -0.05) is 29.3 Å². The summed E-state index contributed by atoms with van der Waals surface area (Å²) in [6.07, 6.45) is 0. The summed E-state index contributed by atoms with van der Waals surface area (Å²) < 4.78 is 1.56. The van der Waals surface area contributed by atoms with Gasteiger partial charge in [-0.3, -0.25) is 9.59 Å². The number of hydrogen-bond acceptors (Lipinski definition) is 3. The van der Waals surface area contributed by atoms with Gasteiger partial charge in [-0.25, -0.2) is 0 Å². The van der Waals surface area contributed by atoms with Gasteiger partial charge < -0.3 is 9.88 Å². The zero-order valence-corrected chi connectivity index (χ0v) is 16.5. The zero-order chi connectivity index (χ0) is 18.8. The Labute approximate surface area is 165 Å². The van der Waals surface area contributed by atoms with Crippen LogP contribution in [0.2, 0.25) is 10.0 Å². The van der Waals surface area contributed by atoms with Gasteiger partial charge in [0.05, 0.1) is 22.0 Å². The number of amides is 1. The molecule has 0 saturated carbocycles. The van der Waals surface area contributed by atoms with E-state index in [4.69, 9.17) is 23.2 Å². The third kappa shape index (κ3) is 4.06. The number of fused-ring (bicyclic) bond motifs is 1. The standard InChI is InChI=1S/C19H16Cl2N2O2S/c1-11-3-5-15(14(21)7-11)22-18(24)10-26-17-9-19(25)23(2)16-6-4-12(20)8-13(16)17/h3-9H,10H2,1-2H3,(H,22,24). The normalized spacial score (nSPS) is 10.9. The van der Waals surface area contributed by atoms with Gasteiger partial charge >= 0.3 is 0 Å². The molecule has 0 atom stereocenters. The first-order valence-corrected chi connectivity index (χ1v) is 9.57. The van der Waals surface area contributed by atoms with Crippen molar-refractivity contribution >= 4 is 57.5 Å². The predicted molar refractivity (Wildman–Crippen MR) is 110 cm³/mol. The molecule has 2 aromatic carbocycles. The number of carbonyl (C=O) groups excluding carboxylic acids is 1. The molecule has 1 amide bonds. The van der Waals surface area contributed by atoms with Crippen LogP contribution in [0.1, 0.15) is 5.56 Å². The summed E-state index contributed by atoms with van der Waals surface area (Å²) in [5, 5.41) is 4.70. The molecular weight excluding hydrogens is 391 g/mol. The van der Waals surface area contributed by atoms with Crippen molar-refractivity contribution < 1.29 is 4.79 Å². The molecule has 0 fully saturated rings. The number of halogens is 2. The van der Waals surface area contributed by atoms with E-state index in [2.05, 4.69) is 5.32 Å². The number of pyridine rings is 1. The van der Waals surface area contributed by atoms with Crippen LogP contribution < -0.4 is 10.9 Å². The summed E-state index contributed by atoms with van der Waals surface area (Å²) in [5.41, 5.74) is 2.22. The highest BCUT2D eigenvalue weighted by Crippen LogP contribution is 2.29. The van der Waals surface area contributed by atoms with Crippen LogP contribution in [0.5, 0.6) is 0 Å². The largest absolute Gasteiger partial charge is 0.324 e. The number of benzene rings is 2. The van der Waals surface area contributed by atoms with Crippen molar-refractivity contribution in [1.82, 2.24) is 4.57 Å². The smallest absolute Gasteiger partial charge is 0.251 e. The van der Waals surface area contributed by atoms with E-state index in [-0.39, 0.29) is 17.2 Å². The molecule has 1 N–H and O–H groups in total. The van der Waals surface area contributed by atoms with E-state index in [0.717, 1.165) is 21.4 Å². The fourth-order valence-corrected chi connectivity index (χ4v) is 3.89. The Morgan fingerprint density at radius 2 is 1.92 bits per heavy atom. The Hall–Kier alpha value is -1.95. The lowest BCUT2D eigenvalue weighted by molar-refractivity contribution is -0.113. The van der Waals surface area contributed by atoms with E-state index in [0.29, 0.717) is 15.7 Å². The number of anilines is 1. The van der Waals surface area contributed by atoms with Crippen LogP contribution in [0, 0.1) is 6.92 Å². The van der Waals surface area contributed by atoms with Crippen molar-refractivity contribution in [2.45, 2.75) is 11.8 Å². The van der Waals surface area contributed by atoms with E-state index in [9.17, 15) is 9.59 Å². The highest BCUT2D eigenvalue weighted by molar-refractivity contribution is 8.00. The highest BCUT2D eigenvalue weighted by Gasteiger charge is 2.11. The first-order valence-electron chi connectivity index (χ1n) is 7.83. The van der Waals surface area contributed by atoms with Crippen LogP contribution in [-0.2, 0) is 11.8 Å². The maximum atomic E-state index is 12.3. The Bertz CT molecular complexity index is 1060. The Balaban J connectivity index is 1.81. The number of thioether (sulfide) groups is 1. The van der Waals surface area contributed by atoms with Gasteiger partial charge in [-0.05, 0) is 42.8 Å². The highest BCUT2D eigenvalue weighted by atomic mass is 35.5. The summed E-state index contributed by atoms with van der Waals surface area (Å²) in [7, 11) is 1.71. The molecule has 26 heavy (non-hydrogen) atoms.